The second-order valence-corrected chi connectivity index (χ2v) is 6.00. The minimum Gasteiger partial charge on any atom is -1.00 e. The third kappa shape index (κ3) is 3.93. The Balaban J connectivity index is 0.00000225. The number of Topliss-reactive ketones (excluding diaryl/α,β-unsaturated/α-hetero) is 1. The number of benzene rings is 1. The quantitative estimate of drug-likeness (QED) is 0.441. The number of ketones is 1. The fourth-order valence-electron chi connectivity index (χ4n) is 3.05. The molecule has 132 valence electrons. The number of aromatic nitrogens is 2. The van der Waals surface area contributed by atoms with Gasteiger partial charge in [-0.1, -0.05) is 6.92 Å². The molecule has 0 amide bonds. The Hall–Kier alpha value is -2.14. The molecule has 0 spiro atoms. The van der Waals surface area contributed by atoms with Crippen molar-refractivity contribution in [2.75, 3.05) is 7.11 Å². The van der Waals surface area contributed by atoms with Crippen LogP contribution in [0.5, 0.6) is 5.75 Å². The zero-order chi connectivity index (χ0) is 17.1. The summed E-state index contributed by atoms with van der Waals surface area (Å²) in [5.41, 5.74) is 4.29. The Morgan fingerprint density at radius 3 is 2.52 bits per heavy atom. The van der Waals surface area contributed by atoms with E-state index in [1.807, 2.05) is 36.7 Å². The molecule has 0 aliphatic heterocycles. The molecule has 0 aliphatic rings. The molecule has 4 nitrogen and oxygen atoms in total. The largest absolute Gasteiger partial charge is 1.00 e. The normalized spacial score (nSPS) is 10.5. The number of carbonyl (C=O) groups excluding carboxylic acids is 1. The monoisotopic (exact) mass is 402 g/mol. The van der Waals surface area contributed by atoms with Crippen LogP contribution in [0, 0.1) is 6.92 Å². The molecule has 2 aromatic heterocycles. The van der Waals surface area contributed by atoms with Crippen molar-refractivity contribution in [3.63, 3.8) is 0 Å². The van der Waals surface area contributed by atoms with Gasteiger partial charge in [-0.15, -0.1) is 0 Å². The number of halogens is 1. The van der Waals surface area contributed by atoms with Gasteiger partial charge in [-0.25, -0.2) is 0 Å². The predicted octanol–water partition coefficient (Wildman–Crippen LogP) is 0.383. The zero-order valence-corrected chi connectivity index (χ0v) is 16.4. The fourth-order valence-corrected chi connectivity index (χ4v) is 3.05. The molecule has 0 aliphatic carbocycles. The first kappa shape index (κ1) is 19.2. The van der Waals surface area contributed by atoms with Gasteiger partial charge in [-0.05, 0) is 49.7 Å². The van der Waals surface area contributed by atoms with Crippen LogP contribution in [0.15, 0.2) is 48.8 Å². The van der Waals surface area contributed by atoms with E-state index in [1.54, 1.807) is 7.11 Å². The smallest absolute Gasteiger partial charge is 0.227 e. The molecule has 0 atom stereocenters. The number of aryl methyl sites for hydroxylation is 2. The highest BCUT2D eigenvalue weighted by Crippen LogP contribution is 2.15. The summed E-state index contributed by atoms with van der Waals surface area (Å²) in [6, 6.07) is 11.5. The molecule has 0 bridgehead atoms. The Bertz CT molecular complexity index is 869. The Labute approximate surface area is 158 Å². The van der Waals surface area contributed by atoms with Crippen LogP contribution < -0.4 is 26.3 Å². The molecule has 3 rings (SSSR count). The van der Waals surface area contributed by atoms with Crippen molar-refractivity contribution in [3.8, 4) is 5.75 Å². The molecule has 5 heteroatoms. The van der Waals surface area contributed by atoms with Crippen molar-refractivity contribution in [1.82, 2.24) is 4.40 Å². The third-order valence-electron chi connectivity index (χ3n) is 4.37. The lowest BCUT2D eigenvalue weighted by Gasteiger charge is -2.07. The average molecular weight is 403 g/mol. The second-order valence-electron chi connectivity index (χ2n) is 6.00. The summed E-state index contributed by atoms with van der Waals surface area (Å²) >= 11 is 0. The minimum absolute atomic E-state index is 0. The SMILES string of the molecule is CCCc1c2ccc(C)n2cc[n+]1CC(=O)c1ccc(OC)cc1.[Br-]. The summed E-state index contributed by atoms with van der Waals surface area (Å²) in [5, 5.41) is 0. The summed E-state index contributed by atoms with van der Waals surface area (Å²) in [7, 11) is 1.62. The van der Waals surface area contributed by atoms with Gasteiger partial charge < -0.3 is 26.1 Å². The summed E-state index contributed by atoms with van der Waals surface area (Å²) < 4.78 is 9.40. The first-order chi connectivity index (χ1) is 11.6. The summed E-state index contributed by atoms with van der Waals surface area (Å²) in [4.78, 5) is 12.6. The maximum Gasteiger partial charge on any atom is 0.227 e. The van der Waals surface area contributed by atoms with E-state index in [4.69, 9.17) is 4.74 Å². The first-order valence-corrected chi connectivity index (χ1v) is 8.30. The summed E-state index contributed by atoms with van der Waals surface area (Å²) in [6.07, 6.45) is 6.03. The Morgan fingerprint density at radius 2 is 1.88 bits per heavy atom. The molecule has 2 heterocycles. The summed E-state index contributed by atoms with van der Waals surface area (Å²) in [5.74, 6) is 0.864. The maximum atomic E-state index is 12.6. The van der Waals surface area contributed by atoms with Crippen LogP contribution in [0.1, 0.15) is 35.1 Å². The van der Waals surface area contributed by atoms with E-state index in [9.17, 15) is 4.79 Å². The van der Waals surface area contributed by atoms with Crippen molar-refractivity contribution >= 4 is 11.3 Å². The van der Waals surface area contributed by atoms with Gasteiger partial charge in [0.05, 0.1) is 13.3 Å². The van der Waals surface area contributed by atoms with Gasteiger partial charge in [0.25, 0.3) is 0 Å². The van der Waals surface area contributed by atoms with Gasteiger partial charge in [0.15, 0.2) is 6.20 Å². The van der Waals surface area contributed by atoms with Gasteiger partial charge in [-0.3, -0.25) is 4.79 Å². The van der Waals surface area contributed by atoms with Crippen molar-refractivity contribution in [2.24, 2.45) is 0 Å². The fraction of sp³-hybridized carbons (Fsp3) is 0.300. The van der Waals surface area contributed by atoms with Gasteiger partial charge >= 0.3 is 0 Å². The van der Waals surface area contributed by atoms with E-state index in [-0.39, 0.29) is 22.8 Å². The highest BCUT2D eigenvalue weighted by Gasteiger charge is 2.19. The number of methoxy groups -OCH3 is 1. The van der Waals surface area contributed by atoms with E-state index >= 15 is 0 Å². The topological polar surface area (TPSA) is 34.6 Å². The van der Waals surface area contributed by atoms with Crippen LogP contribution >= 0.6 is 0 Å². The first-order valence-electron chi connectivity index (χ1n) is 8.30. The molecule has 25 heavy (non-hydrogen) atoms. The van der Waals surface area contributed by atoms with E-state index in [0.717, 1.165) is 18.6 Å². The van der Waals surface area contributed by atoms with E-state index < -0.39 is 0 Å². The molecule has 0 saturated heterocycles. The molecule has 1 aromatic carbocycles. The van der Waals surface area contributed by atoms with Gasteiger partial charge in [-0.2, -0.15) is 4.57 Å². The highest BCUT2D eigenvalue weighted by atomic mass is 79.9. The number of fused-ring (bicyclic) bond motifs is 1. The molecule has 0 radical (unpaired) electrons. The number of ether oxygens (including phenoxy) is 1. The molecular weight excluding hydrogens is 380 g/mol. The van der Waals surface area contributed by atoms with Crippen molar-refractivity contribution in [3.05, 3.63) is 65.7 Å². The van der Waals surface area contributed by atoms with Gasteiger partial charge in [0.2, 0.25) is 18.0 Å². The number of carbonyl (C=O) groups is 1. The van der Waals surface area contributed by atoms with Crippen LogP contribution in [0.25, 0.3) is 5.52 Å². The molecule has 0 unspecified atom stereocenters. The van der Waals surface area contributed by atoms with E-state index in [1.165, 1.54) is 16.9 Å². The van der Waals surface area contributed by atoms with Crippen molar-refractivity contribution < 1.29 is 31.1 Å². The second kappa shape index (κ2) is 8.30. The van der Waals surface area contributed by atoms with Crippen LogP contribution in [-0.4, -0.2) is 17.3 Å². The lowest BCUT2D eigenvalue weighted by Crippen LogP contribution is -3.00. The minimum atomic E-state index is 0. The average Bonchev–Trinajstić information content (AvgIpc) is 2.98. The van der Waals surface area contributed by atoms with Crippen LogP contribution in [0.3, 0.4) is 0 Å². The van der Waals surface area contributed by atoms with Crippen molar-refractivity contribution in [2.45, 2.75) is 33.2 Å². The number of hydrogen-bond acceptors (Lipinski definition) is 2. The molecule has 0 saturated carbocycles. The molecule has 0 fully saturated rings. The molecule has 3 aromatic rings. The lowest BCUT2D eigenvalue weighted by atomic mass is 10.1. The van der Waals surface area contributed by atoms with Crippen molar-refractivity contribution in [1.29, 1.82) is 0 Å². The number of hydrogen-bond donors (Lipinski definition) is 0. The predicted molar refractivity (Wildman–Crippen MR) is 93.6 cm³/mol. The maximum absolute atomic E-state index is 12.6. The third-order valence-corrected chi connectivity index (χ3v) is 4.37. The van der Waals surface area contributed by atoms with E-state index in [0.29, 0.717) is 12.1 Å². The van der Waals surface area contributed by atoms with Crippen LogP contribution in [0.2, 0.25) is 0 Å². The van der Waals surface area contributed by atoms with Gasteiger partial charge in [0, 0.05) is 17.7 Å². The number of rotatable bonds is 6. The zero-order valence-electron chi connectivity index (χ0n) is 14.8. The lowest BCUT2D eigenvalue weighted by molar-refractivity contribution is -0.689. The standard InChI is InChI=1S/C20H23N2O2.BrH/c1-4-5-18-19-11-6-15(2)22(19)13-12-21(18)14-20(23)16-7-9-17(24-3)10-8-16;/h6-13H,4-5,14H2,1-3H3;1H/q+1;/p-1. The molecule has 0 N–H and O–H groups in total. The highest BCUT2D eigenvalue weighted by molar-refractivity contribution is 5.95. The summed E-state index contributed by atoms with van der Waals surface area (Å²) in [6.45, 7) is 4.60. The van der Waals surface area contributed by atoms with E-state index in [2.05, 4.69) is 34.9 Å². The van der Waals surface area contributed by atoms with Crippen LogP contribution in [-0.2, 0) is 13.0 Å². The van der Waals surface area contributed by atoms with Gasteiger partial charge in [0.1, 0.15) is 11.3 Å². The Kier molecular flexibility index (Phi) is 6.37. The van der Waals surface area contributed by atoms with Crippen LogP contribution in [0.4, 0.5) is 0 Å². The Morgan fingerprint density at radius 1 is 1.16 bits per heavy atom. The molecular formula is C20H23BrN2O2. The number of nitrogens with zero attached hydrogens (tertiary/aromatic N) is 2.